The third kappa shape index (κ3) is 3.25. The first-order valence-corrected chi connectivity index (χ1v) is 7.08. The van der Waals surface area contributed by atoms with E-state index in [1.807, 2.05) is 0 Å². The van der Waals surface area contributed by atoms with Crippen LogP contribution in [0.2, 0.25) is 5.15 Å². The molecule has 0 amide bonds. The van der Waals surface area contributed by atoms with Gasteiger partial charge in [-0.3, -0.25) is 4.72 Å². The second-order valence-electron chi connectivity index (χ2n) is 3.65. The van der Waals surface area contributed by atoms with Gasteiger partial charge in [-0.2, -0.15) is 0 Å². The highest BCUT2D eigenvalue weighted by atomic mass is 35.5. The molecule has 0 radical (unpaired) electrons. The van der Waals surface area contributed by atoms with Crippen LogP contribution in [0.1, 0.15) is 5.56 Å². The number of pyridine rings is 1. The summed E-state index contributed by atoms with van der Waals surface area (Å²) in [5, 5.41) is 0.230. The Hall–Kier alpha value is -2.03. The number of rotatable bonds is 3. The molecule has 1 aromatic carbocycles. The number of hydrogen-bond donors (Lipinski definition) is 1. The highest BCUT2D eigenvalue weighted by Crippen LogP contribution is 2.17. The minimum atomic E-state index is -3.69. The van der Waals surface area contributed by atoms with Crippen LogP contribution in [0.3, 0.4) is 0 Å². The molecular weight excluding hydrogens is 284 g/mol. The van der Waals surface area contributed by atoms with E-state index >= 15 is 0 Å². The van der Waals surface area contributed by atoms with Gasteiger partial charge in [0.2, 0.25) is 0 Å². The van der Waals surface area contributed by atoms with E-state index in [1.165, 1.54) is 18.3 Å². The number of nitrogens with one attached hydrogen (secondary N) is 1. The summed E-state index contributed by atoms with van der Waals surface area (Å²) in [6.07, 6.45) is 6.45. The highest BCUT2D eigenvalue weighted by molar-refractivity contribution is 7.92. The highest BCUT2D eigenvalue weighted by Gasteiger charge is 2.14. The zero-order valence-corrected chi connectivity index (χ0v) is 11.2. The molecule has 4 nitrogen and oxygen atoms in total. The van der Waals surface area contributed by atoms with Gasteiger partial charge < -0.3 is 0 Å². The van der Waals surface area contributed by atoms with Crippen LogP contribution in [0.15, 0.2) is 47.5 Å². The maximum Gasteiger partial charge on any atom is 0.263 e. The molecule has 1 aromatic heterocycles. The normalized spacial score (nSPS) is 10.7. The zero-order chi connectivity index (χ0) is 13.9. The van der Waals surface area contributed by atoms with Gasteiger partial charge in [0, 0.05) is 11.8 Å². The second-order valence-corrected chi connectivity index (χ2v) is 5.72. The van der Waals surface area contributed by atoms with Gasteiger partial charge in [-0.15, -0.1) is 6.42 Å². The lowest BCUT2D eigenvalue weighted by molar-refractivity contribution is 0.601. The second kappa shape index (κ2) is 5.31. The Bertz CT molecular complexity index is 734. The van der Waals surface area contributed by atoms with E-state index in [4.69, 9.17) is 18.0 Å². The summed E-state index contributed by atoms with van der Waals surface area (Å²) < 4.78 is 26.6. The van der Waals surface area contributed by atoms with Gasteiger partial charge in [0.05, 0.1) is 5.69 Å². The first-order valence-electron chi connectivity index (χ1n) is 5.22. The molecule has 0 atom stereocenters. The molecule has 0 fully saturated rings. The molecule has 0 aliphatic rings. The van der Waals surface area contributed by atoms with Gasteiger partial charge in [0.25, 0.3) is 10.0 Å². The lowest BCUT2D eigenvalue weighted by Gasteiger charge is -2.08. The van der Waals surface area contributed by atoms with E-state index in [0.29, 0.717) is 11.3 Å². The fourth-order valence-electron chi connectivity index (χ4n) is 1.41. The van der Waals surface area contributed by atoms with E-state index in [9.17, 15) is 8.42 Å². The molecule has 96 valence electrons. The summed E-state index contributed by atoms with van der Waals surface area (Å²) >= 11 is 5.61. The van der Waals surface area contributed by atoms with Gasteiger partial charge in [0.15, 0.2) is 0 Å². The molecule has 0 aliphatic carbocycles. The maximum atomic E-state index is 12.1. The largest absolute Gasteiger partial charge is 0.280 e. The van der Waals surface area contributed by atoms with Crippen molar-refractivity contribution in [3.63, 3.8) is 0 Å². The van der Waals surface area contributed by atoms with Crippen molar-refractivity contribution in [3.8, 4) is 12.3 Å². The lowest BCUT2D eigenvalue weighted by Crippen LogP contribution is -2.13. The van der Waals surface area contributed by atoms with Crippen molar-refractivity contribution < 1.29 is 8.42 Å². The number of benzene rings is 1. The van der Waals surface area contributed by atoms with Crippen LogP contribution >= 0.6 is 11.6 Å². The minimum Gasteiger partial charge on any atom is -0.280 e. The van der Waals surface area contributed by atoms with Crippen LogP contribution in [0.5, 0.6) is 0 Å². The lowest BCUT2D eigenvalue weighted by atomic mass is 10.2. The van der Waals surface area contributed by atoms with Crippen LogP contribution in [-0.4, -0.2) is 13.4 Å². The molecule has 1 heterocycles. The molecule has 0 saturated carbocycles. The van der Waals surface area contributed by atoms with Crippen LogP contribution in [-0.2, 0) is 10.0 Å². The minimum absolute atomic E-state index is 0.0306. The monoisotopic (exact) mass is 292 g/mol. The Morgan fingerprint density at radius 1 is 1.26 bits per heavy atom. The van der Waals surface area contributed by atoms with Crippen molar-refractivity contribution in [2.75, 3.05) is 4.72 Å². The van der Waals surface area contributed by atoms with Crippen LogP contribution in [0.4, 0.5) is 5.69 Å². The van der Waals surface area contributed by atoms with Crippen LogP contribution < -0.4 is 4.72 Å². The Kier molecular flexibility index (Phi) is 3.74. The van der Waals surface area contributed by atoms with Crippen molar-refractivity contribution in [2.45, 2.75) is 4.90 Å². The molecule has 2 aromatic rings. The molecular formula is C13H9ClN2O2S. The summed E-state index contributed by atoms with van der Waals surface area (Å²) in [6, 6.07) is 9.36. The Morgan fingerprint density at radius 2 is 2.05 bits per heavy atom. The molecule has 6 heteroatoms. The molecule has 2 rings (SSSR count). The van der Waals surface area contributed by atoms with E-state index in [2.05, 4.69) is 15.6 Å². The van der Waals surface area contributed by atoms with E-state index in [-0.39, 0.29) is 10.0 Å². The number of anilines is 1. The summed E-state index contributed by atoms with van der Waals surface area (Å²) in [6.45, 7) is 0. The van der Waals surface area contributed by atoms with E-state index in [1.54, 1.807) is 24.3 Å². The molecule has 0 bridgehead atoms. The van der Waals surface area contributed by atoms with Crippen LogP contribution in [0.25, 0.3) is 0 Å². The van der Waals surface area contributed by atoms with Crippen molar-refractivity contribution in [1.82, 2.24) is 4.98 Å². The van der Waals surface area contributed by atoms with Crippen LogP contribution in [0, 0.1) is 12.3 Å². The third-order valence-corrected chi connectivity index (χ3v) is 3.88. The summed E-state index contributed by atoms with van der Waals surface area (Å²) in [7, 11) is -3.69. The first kappa shape index (κ1) is 13.4. The smallest absolute Gasteiger partial charge is 0.263 e. The molecule has 0 aliphatic heterocycles. The average molecular weight is 293 g/mol. The molecule has 19 heavy (non-hydrogen) atoms. The Labute approximate surface area is 116 Å². The van der Waals surface area contributed by atoms with Crippen molar-refractivity contribution in [1.29, 1.82) is 0 Å². The first-order chi connectivity index (χ1) is 9.01. The number of aromatic nitrogens is 1. The fourth-order valence-corrected chi connectivity index (χ4v) is 2.51. The topological polar surface area (TPSA) is 59.1 Å². The van der Waals surface area contributed by atoms with Gasteiger partial charge in [0.1, 0.15) is 10.0 Å². The van der Waals surface area contributed by atoms with Crippen molar-refractivity contribution in [2.24, 2.45) is 0 Å². The Morgan fingerprint density at radius 3 is 2.68 bits per heavy atom. The van der Waals surface area contributed by atoms with Crippen molar-refractivity contribution >= 4 is 27.3 Å². The summed E-state index contributed by atoms with van der Waals surface area (Å²) in [5.41, 5.74) is 0.986. The average Bonchev–Trinajstić information content (AvgIpc) is 2.39. The quantitative estimate of drug-likeness (QED) is 0.698. The van der Waals surface area contributed by atoms with E-state index < -0.39 is 10.0 Å². The number of halogens is 1. The SMILES string of the molecule is C#Cc1cccc(NS(=O)(=O)c2ccc(Cl)nc2)c1. The predicted molar refractivity (Wildman–Crippen MR) is 74.4 cm³/mol. The molecule has 0 spiro atoms. The molecule has 1 N–H and O–H groups in total. The van der Waals surface area contributed by atoms with Gasteiger partial charge >= 0.3 is 0 Å². The van der Waals surface area contributed by atoms with Gasteiger partial charge in [-0.05, 0) is 30.3 Å². The maximum absolute atomic E-state index is 12.1. The van der Waals surface area contributed by atoms with Crippen molar-refractivity contribution in [3.05, 3.63) is 53.3 Å². The van der Waals surface area contributed by atoms with Gasteiger partial charge in [-0.25, -0.2) is 13.4 Å². The number of sulfonamides is 1. The number of terminal acetylenes is 1. The molecule has 0 saturated heterocycles. The fraction of sp³-hybridized carbons (Fsp3) is 0. The number of nitrogens with zero attached hydrogens (tertiary/aromatic N) is 1. The van der Waals surface area contributed by atoms with E-state index in [0.717, 1.165) is 0 Å². The molecule has 0 unspecified atom stereocenters. The third-order valence-electron chi connectivity index (χ3n) is 2.29. The van der Waals surface area contributed by atoms with Gasteiger partial charge in [-0.1, -0.05) is 23.6 Å². The standard InChI is InChI=1S/C13H9ClN2O2S/c1-2-10-4-3-5-11(8-10)16-19(17,18)12-6-7-13(14)15-9-12/h1,3-9,16H. The number of hydrogen-bond acceptors (Lipinski definition) is 3. The Balaban J connectivity index is 2.31. The summed E-state index contributed by atoms with van der Waals surface area (Å²) in [4.78, 5) is 3.77. The zero-order valence-electron chi connectivity index (χ0n) is 9.67. The predicted octanol–water partition coefficient (Wildman–Crippen LogP) is 2.52. The summed E-state index contributed by atoms with van der Waals surface area (Å²) in [5.74, 6) is 2.44.